The molecule has 2 fully saturated rings. The van der Waals surface area contributed by atoms with E-state index in [4.69, 9.17) is 9.47 Å². The van der Waals surface area contributed by atoms with Crippen LogP contribution in [0.4, 0.5) is 4.79 Å². The van der Waals surface area contributed by atoms with Crippen LogP contribution in [0.1, 0.15) is 33.1 Å². The van der Waals surface area contributed by atoms with Gasteiger partial charge in [-0.2, -0.15) is 0 Å². The van der Waals surface area contributed by atoms with Crippen LogP contribution < -0.4 is 10.6 Å². The average molecular weight is 466 g/mol. The van der Waals surface area contributed by atoms with Gasteiger partial charge in [-0.15, -0.1) is 11.8 Å². The first kappa shape index (κ1) is 22.7. The first-order valence-electron chi connectivity index (χ1n) is 10.7. The second-order valence-electron chi connectivity index (χ2n) is 8.43. The molecule has 1 saturated heterocycles. The number of carboxylic acid groups (broad SMARTS) is 1. The van der Waals surface area contributed by atoms with Gasteiger partial charge in [-0.05, 0) is 50.7 Å². The van der Waals surface area contributed by atoms with Crippen molar-refractivity contribution in [2.75, 3.05) is 13.2 Å². The molecule has 11 heteroatoms. The van der Waals surface area contributed by atoms with E-state index in [1.54, 1.807) is 0 Å². The second kappa shape index (κ2) is 9.14. The normalized spacial score (nSPS) is 28.9. The van der Waals surface area contributed by atoms with E-state index in [0.29, 0.717) is 24.5 Å². The third-order valence-electron chi connectivity index (χ3n) is 5.98. The number of fused-ring (bicyclic) bond motifs is 1. The molecule has 4 aliphatic rings. The predicted molar refractivity (Wildman–Crippen MR) is 114 cm³/mol. The van der Waals surface area contributed by atoms with Crippen LogP contribution in [0.15, 0.2) is 23.4 Å². The molecule has 32 heavy (non-hydrogen) atoms. The maximum absolute atomic E-state index is 13.1. The van der Waals surface area contributed by atoms with E-state index in [0.717, 1.165) is 12.8 Å². The van der Waals surface area contributed by atoms with Crippen molar-refractivity contribution in [3.8, 4) is 0 Å². The summed E-state index contributed by atoms with van der Waals surface area (Å²) in [5.41, 5.74) is 0.511. The molecule has 0 spiro atoms. The Hall–Kier alpha value is -2.53. The predicted octanol–water partition coefficient (Wildman–Crippen LogP) is 0.983. The Bertz CT molecular complexity index is 885. The van der Waals surface area contributed by atoms with Gasteiger partial charge in [0.05, 0.1) is 13.2 Å². The average Bonchev–Trinajstić information content (AvgIpc) is 3.61. The van der Waals surface area contributed by atoms with Crippen LogP contribution >= 0.6 is 11.8 Å². The van der Waals surface area contributed by atoms with Gasteiger partial charge >= 0.3 is 12.1 Å². The van der Waals surface area contributed by atoms with Crippen LogP contribution in [0.2, 0.25) is 0 Å². The Labute approximate surface area is 189 Å². The molecule has 10 nitrogen and oxygen atoms in total. The minimum absolute atomic E-state index is 0.0764. The Morgan fingerprint density at radius 2 is 2.09 bits per heavy atom. The van der Waals surface area contributed by atoms with E-state index >= 15 is 0 Å². The lowest BCUT2D eigenvalue weighted by atomic mass is 10.0. The number of ether oxygens (including phenoxy) is 2. The maximum atomic E-state index is 13.1. The van der Waals surface area contributed by atoms with Crippen LogP contribution in [-0.4, -0.2) is 75.9 Å². The number of nitrogens with one attached hydrogen (secondary N) is 2. The zero-order chi connectivity index (χ0) is 23.0. The van der Waals surface area contributed by atoms with Gasteiger partial charge in [0.1, 0.15) is 29.3 Å². The second-order valence-corrected chi connectivity index (χ2v) is 9.93. The van der Waals surface area contributed by atoms with Crippen molar-refractivity contribution in [3.63, 3.8) is 0 Å². The van der Waals surface area contributed by atoms with E-state index in [1.165, 1.54) is 22.7 Å². The lowest BCUT2D eigenvalue weighted by Crippen LogP contribution is -2.71. The monoisotopic (exact) mass is 465 g/mol. The van der Waals surface area contributed by atoms with E-state index in [9.17, 15) is 24.3 Å². The number of alkyl carbamates (subject to hydrolysis) is 1. The molecule has 1 saturated carbocycles. The van der Waals surface area contributed by atoms with Crippen LogP contribution in [0, 0.1) is 5.92 Å². The fraction of sp³-hybridized carbons (Fsp3) is 0.619. The van der Waals surface area contributed by atoms with Crippen LogP contribution in [-0.2, 0) is 23.9 Å². The first-order valence-corrected chi connectivity index (χ1v) is 11.7. The summed E-state index contributed by atoms with van der Waals surface area (Å²) in [7, 11) is 0. The summed E-state index contributed by atoms with van der Waals surface area (Å²) in [5, 5.41) is 14.1. The van der Waals surface area contributed by atoms with Crippen molar-refractivity contribution in [2.45, 2.75) is 61.9 Å². The van der Waals surface area contributed by atoms with Crippen molar-refractivity contribution in [1.29, 1.82) is 0 Å². The van der Waals surface area contributed by atoms with Gasteiger partial charge in [0.2, 0.25) is 5.91 Å². The number of carbonyl (C=O) groups excluding carboxylic acids is 3. The van der Waals surface area contributed by atoms with Crippen molar-refractivity contribution < 1.29 is 33.8 Å². The minimum atomic E-state index is -1.18. The Morgan fingerprint density at radius 3 is 2.72 bits per heavy atom. The molecule has 3 N–H and O–H groups in total. The van der Waals surface area contributed by atoms with Gasteiger partial charge in [0, 0.05) is 5.25 Å². The number of nitrogens with zero attached hydrogens (tertiary/aromatic N) is 1. The molecule has 4 unspecified atom stereocenters. The fourth-order valence-corrected chi connectivity index (χ4v) is 5.38. The molecule has 0 aromatic carbocycles. The summed E-state index contributed by atoms with van der Waals surface area (Å²) in [4.78, 5) is 50.9. The topological polar surface area (TPSA) is 134 Å². The quantitative estimate of drug-likeness (QED) is 0.374. The number of β-lactam (4-membered cyclic amide) rings is 1. The summed E-state index contributed by atoms with van der Waals surface area (Å²) in [6, 6.07) is -1.93. The Morgan fingerprint density at radius 1 is 1.34 bits per heavy atom. The van der Waals surface area contributed by atoms with Crippen molar-refractivity contribution >= 4 is 35.6 Å². The van der Waals surface area contributed by atoms with Crippen molar-refractivity contribution in [3.05, 3.63) is 23.4 Å². The standard InChI is InChI=1S/C21H27N3O7S/c1-10-8-14(20(27)28)24-18(26)16(19(24)32-10)22-17(25)15(13-4-3-7-30-9-13)23-21(29)31-11(2)12-5-6-12/h4,8,10-12,15-16,19H,3,5-7,9H2,1-2H3,(H,22,25)(H,23,29)(H,27,28)/t10?,11?,15?,16?,19-/m1/s1. The highest BCUT2D eigenvalue weighted by Crippen LogP contribution is 2.40. The molecule has 5 atom stereocenters. The summed E-state index contributed by atoms with van der Waals surface area (Å²) in [5.74, 6) is -1.88. The van der Waals surface area contributed by atoms with E-state index < -0.39 is 41.3 Å². The number of thioether (sulfide) groups is 1. The van der Waals surface area contributed by atoms with Gasteiger partial charge in [-0.1, -0.05) is 6.08 Å². The summed E-state index contributed by atoms with van der Waals surface area (Å²) in [6.07, 6.45) is 5.06. The zero-order valence-corrected chi connectivity index (χ0v) is 18.7. The molecule has 0 bridgehead atoms. The molecule has 1 aliphatic carbocycles. The lowest BCUT2D eigenvalue weighted by molar-refractivity contribution is -0.150. The van der Waals surface area contributed by atoms with Gasteiger partial charge < -0.3 is 25.2 Å². The summed E-state index contributed by atoms with van der Waals surface area (Å²) >= 11 is 1.39. The number of amides is 3. The van der Waals surface area contributed by atoms with Crippen LogP contribution in [0.5, 0.6) is 0 Å². The van der Waals surface area contributed by atoms with Crippen molar-refractivity contribution in [1.82, 2.24) is 15.5 Å². The molecule has 3 heterocycles. The Balaban J connectivity index is 1.45. The van der Waals surface area contributed by atoms with E-state index in [-0.39, 0.29) is 23.7 Å². The zero-order valence-electron chi connectivity index (χ0n) is 17.9. The van der Waals surface area contributed by atoms with Gasteiger partial charge in [0.25, 0.3) is 5.91 Å². The number of hydrogen-bond acceptors (Lipinski definition) is 7. The molecule has 0 aromatic heterocycles. The number of hydrogen-bond donors (Lipinski definition) is 3. The molecular formula is C21H27N3O7S. The minimum Gasteiger partial charge on any atom is -0.477 e. The number of rotatable bonds is 7. The smallest absolute Gasteiger partial charge is 0.408 e. The van der Waals surface area contributed by atoms with Crippen molar-refractivity contribution in [2.24, 2.45) is 5.92 Å². The lowest BCUT2D eigenvalue weighted by Gasteiger charge is -2.49. The van der Waals surface area contributed by atoms with Crippen LogP contribution in [0.25, 0.3) is 0 Å². The third-order valence-corrected chi connectivity index (χ3v) is 7.30. The highest BCUT2D eigenvalue weighted by atomic mass is 32.2. The third kappa shape index (κ3) is 4.63. The molecule has 174 valence electrons. The van der Waals surface area contributed by atoms with E-state index in [2.05, 4.69) is 10.6 Å². The van der Waals surface area contributed by atoms with Gasteiger partial charge in [-0.25, -0.2) is 9.59 Å². The maximum Gasteiger partial charge on any atom is 0.408 e. The molecular weight excluding hydrogens is 438 g/mol. The summed E-state index contributed by atoms with van der Waals surface area (Å²) < 4.78 is 10.8. The largest absolute Gasteiger partial charge is 0.477 e. The molecule has 3 aliphatic heterocycles. The SMILES string of the molecule is CC1C=C(C(=O)O)N2C(=O)C(NC(=O)C(NC(=O)OC(C)C3CC3)C3=CCCOC3)[C@H]2S1. The molecule has 0 radical (unpaired) electrons. The Kier molecular flexibility index (Phi) is 6.47. The van der Waals surface area contributed by atoms with E-state index in [1.807, 2.05) is 19.9 Å². The fourth-order valence-electron chi connectivity index (χ4n) is 4.05. The summed E-state index contributed by atoms with van der Waals surface area (Å²) in [6.45, 7) is 4.37. The molecule has 4 rings (SSSR count). The highest BCUT2D eigenvalue weighted by Gasteiger charge is 2.54. The number of carboxylic acids is 1. The first-order chi connectivity index (χ1) is 15.3. The molecule has 3 amide bonds. The van der Waals surface area contributed by atoms with Gasteiger partial charge in [0.15, 0.2) is 0 Å². The number of carbonyl (C=O) groups is 4. The van der Waals surface area contributed by atoms with Crippen LogP contribution in [0.3, 0.4) is 0 Å². The number of aliphatic carboxylic acids is 1. The van der Waals surface area contributed by atoms with Gasteiger partial charge in [-0.3, -0.25) is 14.5 Å². The highest BCUT2D eigenvalue weighted by molar-refractivity contribution is 8.00. The molecule has 0 aromatic rings.